The van der Waals surface area contributed by atoms with E-state index in [9.17, 15) is 5.11 Å². The van der Waals surface area contributed by atoms with Crippen LogP contribution < -0.4 is 18.9 Å². The summed E-state index contributed by atoms with van der Waals surface area (Å²) in [5, 5.41) is 11.2. The maximum atomic E-state index is 11.2. The number of rotatable bonds is 11. The molecular formula is C36H56Cl2N2O5S. The van der Waals surface area contributed by atoms with Crippen molar-refractivity contribution in [3.05, 3.63) is 46.5 Å². The average molecular weight is 700 g/mol. The summed E-state index contributed by atoms with van der Waals surface area (Å²) in [5.41, 5.74) is 5.46. The van der Waals surface area contributed by atoms with Gasteiger partial charge in [0, 0.05) is 48.8 Å². The molecule has 3 aliphatic rings. The van der Waals surface area contributed by atoms with Crippen LogP contribution >= 0.6 is 36.6 Å². The quantitative estimate of drug-likeness (QED) is 0.261. The van der Waals surface area contributed by atoms with E-state index in [-0.39, 0.29) is 41.7 Å². The summed E-state index contributed by atoms with van der Waals surface area (Å²) in [7, 11) is 6.89. The molecule has 260 valence electrons. The molecular weight excluding hydrogens is 643 g/mol. The smallest absolute Gasteiger partial charge is 0.161 e. The second kappa shape index (κ2) is 16.7. The van der Waals surface area contributed by atoms with E-state index in [0.717, 1.165) is 74.1 Å². The van der Waals surface area contributed by atoms with Gasteiger partial charge in [-0.1, -0.05) is 34.1 Å². The molecule has 46 heavy (non-hydrogen) atoms. The molecule has 0 saturated carbocycles. The zero-order chi connectivity index (χ0) is 31.6. The Hall–Kier alpha value is -1.55. The fourth-order valence-electron chi connectivity index (χ4n) is 7.79. The number of piperidine rings is 1. The molecule has 0 bridgehead atoms. The van der Waals surface area contributed by atoms with Crippen LogP contribution in [0.15, 0.2) is 24.3 Å². The molecule has 1 N–H and O–H groups in total. The molecule has 0 aromatic heterocycles. The number of aliphatic hydroxyl groups excluding tert-OH is 1. The van der Waals surface area contributed by atoms with Crippen molar-refractivity contribution in [2.45, 2.75) is 82.7 Å². The van der Waals surface area contributed by atoms with E-state index < -0.39 is 0 Å². The van der Waals surface area contributed by atoms with Gasteiger partial charge in [0.2, 0.25) is 0 Å². The van der Waals surface area contributed by atoms with Crippen LogP contribution in [0.4, 0.5) is 0 Å². The third kappa shape index (κ3) is 8.53. The number of fused-ring (bicyclic) bond motifs is 4. The monoisotopic (exact) mass is 698 g/mol. The first kappa shape index (κ1) is 38.9. The van der Waals surface area contributed by atoms with Gasteiger partial charge in [-0.25, -0.2) is 0 Å². The van der Waals surface area contributed by atoms with Gasteiger partial charge >= 0.3 is 0 Å². The number of thioether (sulfide) groups is 1. The Balaban J connectivity index is 0.00000288. The molecule has 0 aliphatic carbocycles. The minimum atomic E-state index is -0.375. The van der Waals surface area contributed by atoms with E-state index in [4.69, 9.17) is 18.9 Å². The van der Waals surface area contributed by atoms with Crippen LogP contribution in [0.5, 0.6) is 23.0 Å². The molecule has 3 aliphatic heterocycles. The van der Waals surface area contributed by atoms with E-state index in [2.05, 4.69) is 61.8 Å². The van der Waals surface area contributed by atoms with Crippen molar-refractivity contribution in [2.24, 2.45) is 11.8 Å². The lowest BCUT2D eigenvalue weighted by Gasteiger charge is -2.49. The van der Waals surface area contributed by atoms with Gasteiger partial charge in [-0.05, 0) is 84.0 Å². The summed E-state index contributed by atoms with van der Waals surface area (Å²) in [5.74, 6) is 5.13. The first-order chi connectivity index (χ1) is 21.1. The van der Waals surface area contributed by atoms with Gasteiger partial charge in [0.1, 0.15) is 0 Å². The van der Waals surface area contributed by atoms with Crippen LogP contribution in [0.2, 0.25) is 0 Å². The number of hydrogen-bond donors (Lipinski definition) is 1. The summed E-state index contributed by atoms with van der Waals surface area (Å²) < 4.78 is 23.0. The normalized spacial score (nSPS) is 23.5. The Labute approximate surface area is 293 Å². The molecule has 1 fully saturated rings. The number of ether oxygens (including phenoxy) is 4. The van der Waals surface area contributed by atoms with E-state index in [1.807, 2.05) is 11.8 Å². The average Bonchev–Trinajstić information content (AvgIpc) is 3.02. The number of benzene rings is 2. The molecule has 2 aromatic rings. The third-order valence-electron chi connectivity index (χ3n) is 10.1. The van der Waals surface area contributed by atoms with Gasteiger partial charge in [-0.15, -0.1) is 24.8 Å². The van der Waals surface area contributed by atoms with Gasteiger partial charge in [0.05, 0.1) is 34.5 Å². The second-order valence-electron chi connectivity index (χ2n) is 13.8. The third-order valence-corrected chi connectivity index (χ3v) is 11.5. The summed E-state index contributed by atoms with van der Waals surface area (Å²) in [4.78, 5) is 5.27. The summed E-state index contributed by atoms with van der Waals surface area (Å²) in [6.45, 7) is 12.8. The molecule has 10 heteroatoms. The lowest BCUT2D eigenvalue weighted by molar-refractivity contribution is 0.0233. The highest BCUT2D eigenvalue weighted by molar-refractivity contribution is 8.00. The second-order valence-corrected chi connectivity index (χ2v) is 15.7. The van der Waals surface area contributed by atoms with Crippen LogP contribution in [0.25, 0.3) is 0 Å². The molecule has 0 spiro atoms. The van der Waals surface area contributed by atoms with Crippen LogP contribution in [0.3, 0.4) is 0 Å². The van der Waals surface area contributed by atoms with E-state index in [1.54, 1.807) is 28.4 Å². The first-order valence-electron chi connectivity index (χ1n) is 16.4. The number of aliphatic hydroxyl groups is 1. The molecule has 7 nitrogen and oxygen atoms in total. The van der Waals surface area contributed by atoms with Gasteiger partial charge in [-0.2, -0.15) is 11.8 Å². The molecule has 0 amide bonds. The van der Waals surface area contributed by atoms with Crippen LogP contribution in [-0.2, 0) is 12.8 Å². The minimum absolute atomic E-state index is 0. The van der Waals surface area contributed by atoms with Crippen molar-refractivity contribution in [3.8, 4) is 23.0 Å². The largest absolute Gasteiger partial charge is 0.493 e. The number of nitrogens with zero attached hydrogens (tertiary/aromatic N) is 2. The SMILES string of the molecule is CC[C@H]1CN2CCc3cc(OC)c(OC)cc3[C@@H]2C[C@@H]1C[C@@H]1c2cc(OC)c(OC)cc2CCN1CC(O)CSC(C)(C)C.Cl.Cl. The molecule has 5 rings (SSSR count). The predicted molar refractivity (Wildman–Crippen MR) is 194 cm³/mol. The first-order valence-corrected chi connectivity index (χ1v) is 17.4. The number of hydrogen-bond acceptors (Lipinski definition) is 8. The molecule has 2 aromatic carbocycles. The van der Waals surface area contributed by atoms with Crippen molar-refractivity contribution in [2.75, 3.05) is 60.4 Å². The standard InChI is InChI=1S/C36H54N2O5S.2ClH/c1-9-23-20-37-12-10-24-16-32(40-5)34(42-7)18-28(24)30(37)14-26(23)15-31-29-19-35(43-8)33(41-6)17-25(29)11-13-38(31)21-27(39)22-44-36(2,3)4;;/h16-19,23,26-27,30-31,39H,9-15,20-22H2,1-8H3;2*1H/t23-,26+,27?,30-,31+;;/m0../s1. The number of methoxy groups -OCH3 is 4. The summed E-state index contributed by atoms with van der Waals surface area (Å²) in [6, 6.07) is 9.42. The Morgan fingerprint density at radius 2 is 1.37 bits per heavy atom. The molecule has 5 atom stereocenters. The van der Waals surface area contributed by atoms with Crippen LogP contribution in [0.1, 0.15) is 81.3 Å². The van der Waals surface area contributed by atoms with Crippen LogP contribution in [-0.4, -0.2) is 86.1 Å². The topological polar surface area (TPSA) is 63.6 Å². The molecule has 3 heterocycles. The Morgan fingerprint density at radius 1 is 0.826 bits per heavy atom. The summed E-state index contributed by atoms with van der Waals surface area (Å²) in [6.07, 6.45) is 4.97. The van der Waals surface area contributed by atoms with Crippen LogP contribution in [0, 0.1) is 11.8 Å². The van der Waals surface area contributed by atoms with Crippen molar-refractivity contribution in [3.63, 3.8) is 0 Å². The minimum Gasteiger partial charge on any atom is -0.493 e. The zero-order valence-electron chi connectivity index (χ0n) is 29.0. The Bertz CT molecular complexity index is 1290. The van der Waals surface area contributed by atoms with Gasteiger partial charge in [0.25, 0.3) is 0 Å². The maximum absolute atomic E-state index is 11.2. The highest BCUT2D eigenvalue weighted by Crippen LogP contribution is 2.49. The molecule has 1 unspecified atom stereocenters. The lowest BCUT2D eigenvalue weighted by atomic mass is 9.72. The van der Waals surface area contributed by atoms with Gasteiger partial charge in [0.15, 0.2) is 23.0 Å². The van der Waals surface area contributed by atoms with Gasteiger partial charge in [-0.3, -0.25) is 9.80 Å². The van der Waals surface area contributed by atoms with Crippen molar-refractivity contribution >= 4 is 36.6 Å². The van der Waals surface area contributed by atoms with Gasteiger partial charge < -0.3 is 24.1 Å². The Kier molecular flexibility index (Phi) is 14.1. The van der Waals surface area contributed by atoms with Crippen molar-refractivity contribution in [1.29, 1.82) is 0 Å². The fraction of sp³-hybridized carbons (Fsp3) is 0.667. The Morgan fingerprint density at radius 3 is 1.93 bits per heavy atom. The number of β-amino-alcohol motifs (C(OH)–C–C–N with tert-alkyl or cyclic N) is 1. The van der Waals surface area contributed by atoms with Crippen molar-refractivity contribution < 1.29 is 24.1 Å². The highest BCUT2D eigenvalue weighted by atomic mass is 35.5. The molecule has 1 saturated heterocycles. The number of halogens is 2. The zero-order valence-corrected chi connectivity index (χ0v) is 31.4. The van der Waals surface area contributed by atoms with E-state index in [0.29, 0.717) is 24.4 Å². The lowest BCUT2D eigenvalue weighted by Crippen LogP contribution is -2.47. The summed E-state index contributed by atoms with van der Waals surface area (Å²) >= 11 is 1.84. The highest BCUT2D eigenvalue weighted by Gasteiger charge is 2.41. The predicted octanol–water partition coefficient (Wildman–Crippen LogP) is 7.39. The molecule has 0 radical (unpaired) electrons. The fourth-order valence-corrected chi connectivity index (χ4v) is 8.58. The van der Waals surface area contributed by atoms with Crippen molar-refractivity contribution in [1.82, 2.24) is 9.80 Å². The van der Waals surface area contributed by atoms with E-state index >= 15 is 0 Å². The van der Waals surface area contributed by atoms with E-state index in [1.165, 1.54) is 28.7 Å². The maximum Gasteiger partial charge on any atom is 0.161 e.